The van der Waals surface area contributed by atoms with E-state index in [0.717, 1.165) is 0 Å². The summed E-state index contributed by atoms with van der Waals surface area (Å²) < 4.78 is 32.4. The minimum Gasteiger partial charge on any atom is -0.505 e. The van der Waals surface area contributed by atoms with E-state index in [1.165, 1.54) is 19.2 Å². The lowest BCUT2D eigenvalue weighted by atomic mass is 10.2. The zero-order valence-corrected chi connectivity index (χ0v) is 11.6. The zero-order chi connectivity index (χ0) is 13.8. The summed E-state index contributed by atoms with van der Waals surface area (Å²) in [6.07, 6.45) is 0. The molecule has 0 amide bonds. The maximum Gasteiger partial charge on any atom is 0.299 e. The summed E-state index contributed by atoms with van der Waals surface area (Å²) >= 11 is 5.79. The molecule has 18 heavy (non-hydrogen) atoms. The van der Waals surface area contributed by atoms with Crippen molar-refractivity contribution in [1.82, 2.24) is 4.72 Å². The molecule has 0 saturated heterocycles. The van der Waals surface area contributed by atoms with Crippen LogP contribution in [0.1, 0.15) is 5.56 Å². The number of anilines is 1. The predicted molar refractivity (Wildman–Crippen MR) is 70.3 cm³/mol. The Bertz CT molecular complexity index is 519. The first kappa shape index (κ1) is 15.0. The van der Waals surface area contributed by atoms with Crippen molar-refractivity contribution in [3.05, 3.63) is 22.7 Å². The van der Waals surface area contributed by atoms with E-state index in [1.54, 1.807) is 6.92 Å². The molecule has 8 heteroatoms. The Morgan fingerprint density at radius 1 is 1.44 bits per heavy atom. The number of phenols is 1. The molecule has 0 bridgehead atoms. The Labute approximate surface area is 111 Å². The normalized spacial score (nSPS) is 11.5. The first-order valence-corrected chi connectivity index (χ1v) is 6.97. The summed E-state index contributed by atoms with van der Waals surface area (Å²) in [5, 5.41) is 10.1. The van der Waals surface area contributed by atoms with Gasteiger partial charge in [-0.15, -0.1) is 0 Å². The number of rotatable bonds is 6. The number of nitrogens with one attached hydrogen (secondary N) is 2. The third-order valence-corrected chi connectivity index (χ3v) is 3.40. The molecule has 0 radical (unpaired) electrons. The van der Waals surface area contributed by atoms with E-state index in [-0.39, 0.29) is 24.6 Å². The van der Waals surface area contributed by atoms with E-state index in [4.69, 9.17) is 16.3 Å². The van der Waals surface area contributed by atoms with E-state index in [9.17, 15) is 13.5 Å². The Morgan fingerprint density at radius 2 is 2.11 bits per heavy atom. The number of hydrogen-bond acceptors (Lipinski definition) is 4. The van der Waals surface area contributed by atoms with Crippen LogP contribution in [0.4, 0.5) is 5.69 Å². The molecular weight excluding hydrogens is 280 g/mol. The quantitative estimate of drug-likeness (QED) is 0.544. The maximum absolute atomic E-state index is 11.6. The van der Waals surface area contributed by atoms with Gasteiger partial charge in [0.25, 0.3) is 10.2 Å². The highest BCUT2D eigenvalue weighted by molar-refractivity contribution is 7.90. The van der Waals surface area contributed by atoms with Crippen molar-refractivity contribution >= 4 is 27.5 Å². The van der Waals surface area contributed by atoms with Crippen LogP contribution in [-0.2, 0) is 14.9 Å². The van der Waals surface area contributed by atoms with E-state index < -0.39 is 10.2 Å². The summed E-state index contributed by atoms with van der Waals surface area (Å²) in [6.45, 7) is 2.00. The summed E-state index contributed by atoms with van der Waals surface area (Å²) in [7, 11) is -2.30. The molecule has 0 aromatic heterocycles. The van der Waals surface area contributed by atoms with Gasteiger partial charge in [0.15, 0.2) is 0 Å². The smallest absolute Gasteiger partial charge is 0.299 e. The van der Waals surface area contributed by atoms with Gasteiger partial charge in [-0.25, -0.2) is 0 Å². The molecule has 102 valence electrons. The molecule has 0 heterocycles. The third-order valence-electron chi connectivity index (χ3n) is 2.11. The van der Waals surface area contributed by atoms with Crippen molar-refractivity contribution in [2.45, 2.75) is 6.92 Å². The van der Waals surface area contributed by atoms with Gasteiger partial charge in [-0.2, -0.15) is 13.1 Å². The second kappa shape index (κ2) is 6.24. The van der Waals surface area contributed by atoms with Gasteiger partial charge in [-0.1, -0.05) is 11.6 Å². The number of halogens is 1. The maximum atomic E-state index is 11.6. The molecule has 0 unspecified atom stereocenters. The number of methoxy groups -OCH3 is 1. The number of aromatic hydroxyl groups is 1. The van der Waals surface area contributed by atoms with Gasteiger partial charge in [0.2, 0.25) is 0 Å². The minimum absolute atomic E-state index is 0.0323. The fraction of sp³-hybridized carbons (Fsp3) is 0.400. The monoisotopic (exact) mass is 294 g/mol. The van der Waals surface area contributed by atoms with Crippen LogP contribution in [0.5, 0.6) is 5.75 Å². The molecule has 1 rings (SSSR count). The SMILES string of the molecule is COCCNS(=O)(=O)Nc1cc(Cl)cc(C)c1O. The average Bonchev–Trinajstić information content (AvgIpc) is 2.25. The van der Waals surface area contributed by atoms with Gasteiger partial charge in [-0.3, -0.25) is 4.72 Å². The topological polar surface area (TPSA) is 87.7 Å². The number of benzene rings is 1. The molecule has 3 N–H and O–H groups in total. The van der Waals surface area contributed by atoms with E-state index in [2.05, 4.69) is 9.44 Å². The summed E-state index contributed by atoms with van der Waals surface area (Å²) in [4.78, 5) is 0. The molecule has 0 aliphatic rings. The Morgan fingerprint density at radius 3 is 2.72 bits per heavy atom. The first-order valence-electron chi connectivity index (χ1n) is 5.11. The van der Waals surface area contributed by atoms with Crippen LogP contribution in [0.3, 0.4) is 0 Å². The van der Waals surface area contributed by atoms with Gasteiger partial charge in [-0.05, 0) is 24.6 Å². The zero-order valence-electron chi connectivity index (χ0n) is 10.0. The third kappa shape index (κ3) is 4.34. The minimum atomic E-state index is -3.76. The van der Waals surface area contributed by atoms with Gasteiger partial charge in [0, 0.05) is 18.7 Å². The van der Waals surface area contributed by atoms with Crippen molar-refractivity contribution in [3.8, 4) is 5.75 Å². The second-order valence-corrected chi connectivity index (χ2v) is 5.55. The van der Waals surface area contributed by atoms with Crippen molar-refractivity contribution in [1.29, 1.82) is 0 Å². The lowest BCUT2D eigenvalue weighted by molar-refractivity contribution is 0.204. The largest absolute Gasteiger partial charge is 0.505 e. The molecule has 0 aliphatic heterocycles. The molecule has 0 atom stereocenters. The van der Waals surface area contributed by atoms with Crippen molar-refractivity contribution in [2.24, 2.45) is 0 Å². The van der Waals surface area contributed by atoms with E-state index in [0.29, 0.717) is 10.6 Å². The highest BCUT2D eigenvalue weighted by atomic mass is 35.5. The summed E-state index contributed by atoms with van der Waals surface area (Å²) in [6, 6.07) is 2.87. The van der Waals surface area contributed by atoms with Gasteiger partial charge < -0.3 is 9.84 Å². The standard InChI is InChI=1S/C10H15ClN2O4S/c1-7-5-8(11)6-9(10(7)14)13-18(15,16)12-3-4-17-2/h5-6,12-14H,3-4H2,1-2H3. The molecule has 6 nitrogen and oxygen atoms in total. The predicted octanol–water partition coefficient (Wildman–Crippen LogP) is 1.25. The number of phenolic OH excluding ortho intramolecular Hbond substituents is 1. The van der Waals surface area contributed by atoms with Crippen molar-refractivity contribution < 1.29 is 18.3 Å². The number of aryl methyl sites for hydroxylation is 1. The van der Waals surface area contributed by atoms with Gasteiger partial charge in [0.1, 0.15) is 5.75 Å². The Balaban J connectivity index is 2.84. The molecule has 1 aromatic rings. The molecule has 0 fully saturated rings. The molecule has 0 spiro atoms. The molecular formula is C10H15ClN2O4S. The van der Waals surface area contributed by atoms with Gasteiger partial charge in [0.05, 0.1) is 12.3 Å². The fourth-order valence-electron chi connectivity index (χ4n) is 1.27. The summed E-state index contributed by atoms with van der Waals surface area (Å²) in [5.74, 6) is -0.156. The van der Waals surface area contributed by atoms with Crippen LogP contribution < -0.4 is 9.44 Å². The second-order valence-electron chi connectivity index (χ2n) is 3.61. The first-order chi connectivity index (χ1) is 8.35. The average molecular weight is 295 g/mol. The lowest BCUT2D eigenvalue weighted by Gasteiger charge is -2.12. The highest BCUT2D eigenvalue weighted by Crippen LogP contribution is 2.31. The number of hydrogen-bond donors (Lipinski definition) is 3. The van der Waals surface area contributed by atoms with Crippen molar-refractivity contribution in [2.75, 3.05) is 25.0 Å². The Kier molecular flexibility index (Phi) is 5.21. The van der Waals surface area contributed by atoms with Gasteiger partial charge >= 0.3 is 0 Å². The van der Waals surface area contributed by atoms with Crippen LogP contribution in [0, 0.1) is 6.92 Å². The Hall–Kier alpha value is -1.02. The van der Waals surface area contributed by atoms with Crippen LogP contribution >= 0.6 is 11.6 Å². The highest BCUT2D eigenvalue weighted by Gasteiger charge is 2.13. The van der Waals surface area contributed by atoms with Crippen LogP contribution in [-0.4, -0.2) is 33.8 Å². The number of ether oxygens (including phenoxy) is 1. The van der Waals surface area contributed by atoms with Crippen LogP contribution in [0.25, 0.3) is 0 Å². The lowest BCUT2D eigenvalue weighted by Crippen LogP contribution is -2.32. The molecule has 1 aromatic carbocycles. The molecule has 0 aliphatic carbocycles. The van der Waals surface area contributed by atoms with Crippen molar-refractivity contribution in [3.63, 3.8) is 0 Å². The fourth-order valence-corrected chi connectivity index (χ4v) is 2.41. The van der Waals surface area contributed by atoms with Crippen LogP contribution in [0.15, 0.2) is 12.1 Å². The molecule has 0 saturated carbocycles. The summed E-state index contributed by atoms with van der Waals surface area (Å²) in [5.41, 5.74) is 0.516. The van der Waals surface area contributed by atoms with E-state index >= 15 is 0 Å². The van der Waals surface area contributed by atoms with E-state index in [1.807, 2.05) is 0 Å². The van der Waals surface area contributed by atoms with Crippen LogP contribution in [0.2, 0.25) is 5.02 Å².